The number of hydrogen-bond acceptors (Lipinski definition) is 3. The Morgan fingerprint density at radius 3 is 2.33 bits per heavy atom. The van der Waals surface area contributed by atoms with Crippen LogP contribution in [-0.2, 0) is 4.79 Å². The first-order valence-electron chi connectivity index (χ1n) is 10.7. The largest absolute Gasteiger partial charge is 0.348 e. The Labute approximate surface area is 188 Å². The second-order valence-electron chi connectivity index (χ2n) is 8.23. The van der Waals surface area contributed by atoms with Crippen LogP contribution in [0, 0.1) is 5.92 Å². The monoisotopic (exact) mass is 443 g/mol. The smallest absolute Gasteiger partial charge is 0.268 e. The minimum atomic E-state index is -0.128. The summed E-state index contributed by atoms with van der Waals surface area (Å²) < 4.78 is 0. The fourth-order valence-corrected chi connectivity index (χ4v) is 4.85. The Bertz CT molecular complexity index is 920. The lowest BCUT2D eigenvalue weighted by molar-refractivity contribution is -0.115. The molecule has 30 heavy (non-hydrogen) atoms. The summed E-state index contributed by atoms with van der Waals surface area (Å²) in [5.41, 5.74) is 2.40. The van der Waals surface area contributed by atoms with Gasteiger partial charge in [0.25, 0.3) is 5.91 Å². The van der Waals surface area contributed by atoms with E-state index in [1.807, 2.05) is 53.5 Å². The molecule has 4 rings (SSSR count). The van der Waals surface area contributed by atoms with E-state index in [-0.39, 0.29) is 23.9 Å². The first-order valence-corrected chi connectivity index (χ1v) is 11.5. The van der Waals surface area contributed by atoms with Crippen molar-refractivity contribution < 1.29 is 4.79 Å². The highest BCUT2D eigenvalue weighted by atomic mass is 35.5. The van der Waals surface area contributed by atoms with Crippen molar-refractivity contribution in [3.05, 3.63) is 64.1 Å². The lowest BCUT2D eigenvalue weighted by Gasteiger charge is -2.27. The zero-order valence-electron chi connectivity index (χ0n) is 17.2. The summed E-state index contributed by atoms with van der Waals surface area (Å²) in [7, 11) is 0. The molecule has 1 aliphatic heterocycles. The summed E-state index contributed by atoms with van der Waals surface area (Å²) in [4.78, 5) is 13.2. The topological polar surface area (TPSA) is 44.7 Å². The van der Waals surface area contributed by atoms with Gasteiger partial charge in [0, 0.05) is 17.0 Å². The van der Waals surface area contributed by atoms with E-state index in [1.54, 1.807) is 0 Å². The molecule has 1 saturated carbocycles. The van der Waals surface area contributed by atoms with Gasteiger partial charge in [-0.2, -0.15) is 5.10 Å². The van der Waals surface area contributed by atoms with Gasteiger partial charge in [-0.15, -0.1) is 0 Å². The van der Waals surface area contributed by atoms with Crippen LogP contribution in [0.25, 0.3) is 0 Å². The lowest BCUT2D eigenvalue weighted by atomic mass is 9.90. The molecule has 4 nitrogen and oxygen atoms in total. The van der Waals surface area contributed by atoms with E-state index in [9.17, 15) is 4.79 Å². The third-order valence-electron chi connectivity index (χ3n) is 6.12. The van der Waals surface area contributed by atoms with Crippen LogP contribution < -0.4 is 10.3 Å². The number of anilines is 1. The molecule has 1 heterocycles. The number of rotatable bonds is 4. The van der Waals surface area contributed by atoms with Gasteiger partial charge in [-0.25, -0.2) is 0 Å². The molecule has 2 atom stereocenters. The number of halogens is 2. The number of para-hydroxylation sites is 1. The van der Waals surface area contributed by atoms with Gasteiger partial charge in [0.05, 0.1) is 16.8 Å². The van der Waals surface area contributed by atoms with Crippen LogP contribution in [0.4, 0.5) is 5.69 Å². The van der Waals surface area contributed by atoms with Gasteiger partial charge < -0.3 is 5.32 Å². The molecule has 158 valence electrons. The average molecular weight is 444 g/mol. The quantitative estimate of drug-likeness (QED) is 0.556. The van der Waals surface area contributed by atoms with Crippen molar-refractivity contribution in [2.45, 2.75) is 57.5 Å². The van der Waals surface area contributed by atoms with Crippen molar-refractivity contribution in [1.82, 2.24) is 5.32 Å². The van der Waals surface area contributed by atoms with Crippen LogP contribution in [0.1, 0.15) is 57.1 Å². The molecule has 2 aromatic rings. The third kappa shape index (κ3) is 4.50. The maximum absolute atomic E-state index is 13.2. The fourth-order valence-electron chi connectivity index (χ4n) is 4.50. The predicted octanol–water partition coefficient (Wildman–Crippen LogP) is 6.39. The summed E-state index contributed by atoms with van der Waals surface area (Å²) in [5.74, 6) is -0.156. The van der Waals surface area contributed by atoms with E-state index in [4.69, 9.17) is 28.3 Å². The predicted molar refractivity (Wildman–Crippen MR) is 124 cm³/mol. The van der Waals surface area contributed by atoms with Gasteiger partial charge >= 0.3 is 0 Å². The molecule has 1 N–H and O–H groups in total. The average Bonchev–Trinajstić information content (AvgIpc) is 2.89. The van der Waals surface area contributed by atoms with E-state index in [0.717, 1.165) is 24.1 Å². The number of nitrogens with one attached hydrogen (secondary N) is 1. The fraction of sp³-hybridized carbons (Fsp3) is 0.417. The van der Waals surface area contributed by atoms with Gasteiger partial charge in [0.15, 0.2) is 0 Å². The van der Waals surface area contributed by atoms with Gasteiger partial charge in [-0.3, -0.25) is 9.80 Å². The van der Waals surface area contributed by atoms with Crippen LogP contribution in [0.3, 0.4) is 0 Å². The molecule has 1 aliphatic carbocycles. The van der Waals surface area contributed by atoms with Gasteiger partial charge in [0.1, 0.15) is 5.71 Å². The van der Waals surface area contributed by atoms with Crippen molar-refractivity contribution in [1.29, 1.82) is 0 Å². The molecule has 2 aliphatic rings. The summed E-state index contributed by atoms with van der Waals surface area (Å²) in [6.45, 7) is 2.06. The number of carbonyl (C=O) groups excluding carboxylic acids is 1. The normalized spacial score (nSPS) is 22.5. The molecular formula is C24H27Cl2N3O. The zero-order valence-corrected chi connectivity index (χ0v) is 18.7. The lowest BCUT2D eigenvalue weighted by Crippen LogP contribution is -2.40. The summed E-state index contributed by atoms with van der Waals surface area (Å²) in [6, 6.07) is 15.5. The first-order chi connectivity index (χ1) is 14.5. The van der Waals surface area contributed by atoms with E-state index in [2.05, 4.69) is 12.2 Å². The van der Waals surface area contributed by atoms with Crippen molar-refractivity contribution in [2.24, 2.45) is 11.0 Å². The van der Waals surface area contributed by atoms with Gasteiger partial charge in [-0.05, 0) is 42.7 Å². The number of carbonyl (C=O) groups is 1. The van der Waals surface area contributed by atoms with Crippen LogP contribution in [0.2, 0.25) is 10.0 Å². The Morgan fingerprint density at radius 2 is 1.67 bits per heavy atom. The Morgan fingerprint density at radius 1 is 1.00 bits per heavy atom. The minimum absolute atomic E-state index is 0.0667. The highest BCUT2D eigenvalue weighted by molar-refractivity contribution is 6.41. The third-order valence-corrected chi connectivity index (χ3v) is 6.69. The zero-order chi connectivity index (χ0) is 21.1. The second kappa shape index (κ2) is 9.40. The van der Waals surface area contributed by atoms with E-state index >= 15 is 0 Å². The van der Waals surface area contributed by atoms with Crippen molar-refractivity contribution in [3.8, 4) is 0 Å². The van der Waals surface area contributed by atoms with E-state index in [1.165, 1.54) is 25.7 Å². The number of hydrazone groups is 1. The molecule has 0 aromatic heterocycles. The van der Waals surface area contributed by atoms with Crippen LogP contribution in [0.5, 0.6) is 0 Å². The molecule has 6 heteroatoms. The molecule has 0 saturated heterocycles. The standard InChI is InChI=1S/C24H27Cl2N3O/c1-16-22(24(30)27-19-8-4-2-3-5-9-19)28-29(21-11-7-6-10-20(21)26)23(16)17-12-14-18(25)15-13-17/h6-7,10-16,19,23H,2-5,8-9H2,1H3,(H,27,30). The van der Waals surface area contributed by atoms with E-state index < -0.39 is 0 Å². The highest BCUT2D eigenvalue weighted by Gasteiger charge is 2.40. The maximum atomic E-state index is 13.2. The Hall–Kier alpha value is -2.04. The molecule has 1 amide bonds. The molecule has 1 fully saturated rings. The molecule has 0 bridgehead atoms. The first kappa shape index (κ1) is 21.2. The maximum Gasteiger partial charge on any atom is 0.268 e. The van der Waals surface area contributed by atoms with Crippen molar-refractivity contribution in [3.63, 3.8) is 0 Å². The number of amides is 1. The van der Waals surface area contributed by atoms with Crippen molar-refractivity contribution in [2.75, 3.05) is 5.01 Å². The number of benzene rings is 2. The summed E-state index contributed by atoms with van der Waals surface area (Å²) in [6.07, 6.45) is 6.94. The van der Waals surface area contributed by atoms with Crippen LogP contribution >= 0.6 is 23.2 Å². The van der Waals surface area contributed by atoms with Crippen LogP contribution in [-0.4, -0.2) is 17.7 Å². The SMILES string of the molecule is CC1C(C(=O)NC2CCCCCC2)=NN(c2ccccc2Cl)C1c1ccc(Cl)cc1. The number of nitrogens with zero attached hydrogens (tertiary/aromatic N) is 2. The van der Waals surface area contributed by atoms with Gasteiger partial charge in [-0.1, -0.05) is 80.1 Å². The summed E-state index contributed by atoms with van der Waals surface area (Å²) in [5, 5.41) is 11.2. The number of hydrogen-bond donors (Lipinski definition) is 1. The van der Waals surface area contributed by atoms with Crippen molar-refractivity contribution >= 4 is 40.5 Å². The summed E-state index contributed by atoms with van der Waals surface area (Å²) >= 11 is 12.6. The molecule has 2 aromatic carbocycles. The minimum Gasteiger partial charge on any atom is -0.348 e. The molecule has 0 radical (unpaired) electrons. The van der Waals surface area contributed by atoms with Crippen LogP contribution in [0.15, 0.2) is 53.6 Å². The Kier molecular flexibility index (Phi) is 6.64. The second-order valence-corrected chi connectivity index (χ2v) is 9.07. The van der Waals surface area contributed by atoms with Gasteiger partial charge in [0.2, 0.25) is 0 Å². The molecule has 2 unspecified atom stereocenters. The molecular weight excluding hydrogens is 417 g/mol. The highest BCUT2D eigenvalue weighted by Crippen LogP contribution is 2.41. The molecule has 0 spiro atoms. The van der Waals surface area contributed by atoms with E-state index in [0.29, 0.717) is 15.8 Å². The Balaban J connectivity index is 1.65.